The van der Waals surface area contributed by atoms with Gasteiger partial charge in [-0.1, -0.05) is 30.3 Å². The predicted molar refractivity (Wildman–Crippen MR) is 112 cm³/mol. The monoisotopic (exact) mass is 395 g/mol. The third-order valence-electron chi connectivity index (χ3n) is 5.71. The summed E-state index contributed by atoms with van der Waals surface area (Å²) in [5, 5.41) is 13.0. The number of aliphatic carboxylic acids is 1. The Hall–Kier alpha value is -2.44. The molecule has 1 aromatic heterocycles. The summed E-state index contributed by atoms with van der Waals surface area (Å²) < 4.78 is 5.94. The fraction of sp³-hybridized carbons (Fsp3) is 0.478. The Morgan fingerprint density at radius 3 is 2.83 bits per heavy atom. The largest absolute Gasteiger partial charge is 0.480 e. The van der Waals surface area contributed by atoms with Crippen molar-refractivity contribution in [3.05, 3.63) is 59.4 Å². The highest BCUT2D eigenvalue weighted by molar-refractivity contribution is 5.75. The van der Waals surface area contributed by atoms with Gasteiger partial charge in [0.2, 0.25) is 0 Å². The first-order valence-electron chi connectivity index (χ1n) is 10.6. The quantitative estimate of drug-likeness (QED) is 0.635. The fourth-order valence-corrected chi connectivity index (χ4v) is 4.11. The Balaban J connectivity index is 1.15. The van der Waals surface area contributed by atoms with E-state index in [1.165, 1.54) is 11.4 Å². The average molecular weight is 396 g/mol. The van der Waals surface area contributed by atoms with Crippen molar-refractivity contribution >= 4 is 11.7 Å². The Kier molecular flexibility index (Phi) is 6.42. The summed E-state index contributed by atoms with van der Waals surface area (Å²) in [6, 6.07) is 13.1. The van der Waals surface area contributed by atoms with E-state index in [1.54, 1.807) is 0 Å². The molecule has 0 radical (unpaired) electrons. The molecule has 0 spiro atoms. The Morgan fingerprint density at radius 1 is 1.21 bits per heavy atom. The minimum atomic E-state index is -0.803. The van der Waals surface area contributed by atoms with E-state index >= 15 is 0 Å². The number of aromatic nitrogens is 1. The van der Waals surface area contributed by atoms with Gasteiger partial charge < -0.3 is 15.2 Å². The number of carbonyl (C=O) groups is 1. The van der Waals surface area contributed by atoms with E-state index in [4.69, 9.17) is 9.72 Å². The molecule has 0 aliphatic carbocycles. The molecule has 3 heterocycles. The third-order valence-corrected chi connectivity index (χ3v) is 5.71. The van der Waals surface area contributed by atoms with Crippen LogP contribution in [0, 0.1) is 0 Å². The summed E-state index contributed by atoms with van der Waals surface area (Å²) in [4.78, 5) is 18.4. The summed E-state index contributed by atoms with van der Waals surface area (Å²) in [7, 11) is 0. The second-order valence-corrected chi connectivity index (χ2v) is 7.88. The number of anilines is 1. The molecule has 1 unspecified atom stereocenters. The maximum absolute atomic E-state index is 11.7. The van der Waals surface area contributed by atoms with Crippen LogP contribution < -0.4 is 5.32 Å². The molecule has 1 aromatic carbocycles. The number of carboxylic acids is 1. The summed E-state index contributed by atoms with van der Waals surface area (Å²) >= 11 is 0. The zero-order valence-electron chi connectivity index (χ0n) is 16.7. The van der Waals surface area contributed by atoms with E-state index in [2.05, 4.69) is 17.4 Å². The van der Waals surface area contributed by atoms with Crippen LogP contribution in [0.3, 0.4) is 0 Å². The molecule has 2 N–H and O–H groups in total. The second-order valence-electron chi connectivity index (χ2n) is 7.88. The summed E-state index contributed by atoms with van der Waals surface area (Å²) in [5.41, 5.74) is 4.37. The fourth-order valence-electron chi connectivity index (χ4n) is 4.11. The van der Waals surface area contributed by atoms with Crippen molar-refractivity contribution in [3.8, 4) is 0 Å². The van der Waals surface area contributed by atoms with Crippen LogP contribution in [0.25, 0.3) is 0 Å². The van der Waals surface area contributed by atoms with Crippen molar-refractivity contribution < 1.29 is 14.6 Å². The SMILES string of the molecule is O=C(O)C(c1ccccc1)N1CC(OCCCCc2ccc3c(n2)CCCN3)C1. The number of aryl methyl sites for hydroxylation is 2. The van der Waals surface area contributed by atoms with Gasteiger partial charge in [0.05, 0.1) is 17.5 Å². The highest BCUT2D eigenvalue weighted by Gasteiger charge is 2.37. The van der Waals surface area contributed by atoms with Gasteiger partial charge in [0, 0.05) is 31.9 Å². The number of hydrogen-bond acceptors (Lipinski definition) is 5. The average Bonchev–Trinajstić information content (AvgIpc) is 2.71. The van der Waals surface area contributed by atoms with Crippen LogP contribution in [0.5, 0.6) is 0 Å². The number of nitrogens with one attached hydrogen (secondary N) is 1. The molecule has 0 bridgehead atoms. The van der Waals surface area contributed by atoms with Crippen LogP contribution in [0.1, 0.15) is 42.3 Å². The molecule has 2 aromatic rings. The van der Waals surface area contributed by atoms with Crippen molar-refractivity contribution in [2.75, 3.05) is 31.6 Å². The first-order chi connectivity index (χ1) is 14.2. The molecular weight excluding hydrogens is 366 g/mol. The van der Waals surface area contributed by atoms with Gasteiger partial charge in [-0.2, -0.15) is 0 Å². The van der Waals surface area contributed by atoms with Gasteiger partial charge in [-0.05, 0) is 49.8 Å². The molecule has 4 rings (SSSR count). The molecule has 1 saturated heterocycles. The van der Waals surface area contributed by atoms with E-state index in [1.807, 2.05) is 35.2 Å². The van der Waals surface area contributed by atoms with Gasteiger partial charge >= 0.3 is 5.97 Å². The smallest absolute Gasteiger partial charge is 0.325 e. The normalized spacial score (nSPS) is 17.8. The zero-order valence-corrected chi connectivity index (χ0v) is 16.7. The number of ether oxygens (including phenoxy) is 1. The van der Waals surface area contributed by atoms with Crippen molar-refractivity contribution in [2.45, 2.75) is 44.2 Å². The lowest BCUT2D eigenvalue weighted by atomic mass is 10.0. The molecule has 0 saturated carbocycles. The molecular formula is C23H29N3O3. The van der Waals surface area contributed by atoms with E-state index in [0.717, 1.165) is 49.9 Å². The van der Waals surface area contributed by atoms with Gasteiger partial charge in [0.15, 0.2) is 0 Å². The number of pyridine rings is 1. The van der Waals surface area contributed by atoms with E-state index in [9.17, 15) is 9.90 Å². The van der Waals surface area contributed by atoms with Crippen LogP contribution in [0.2, 0.25) is 0 Å². The van der Waals surface area contributed by atoms with Crippen LogP contribution in [-0.2, 0) is 22.4 Å². The molecule has 1 atom stereocenters. The molecule has 6 nitrogen and oxygen atoms in total. The minimum Gasteiger partial charge on any atom is -0.480 e. The third kappa shape index (κ3) is 4.95. The number of carboxylic acid groups (broad SMARTS) is 1. The van der Waals surface area contributed by atoms with Crippen molar-refractivity contribution in [3.63, 3.8) is 0 Å². The molecule has 2 aliphatic heterocycles. The Bertz CT molecular complexity index is 821. The molecule has 6 heteroatoms. The van der Waals surface area contributed by atoms with Crippen LogP contribution in [0.15, 0.2) is 42.5 Å². The van der Waals surface area contributed by atoms with E-state index in [0.29, 0.717) is 19.7 Å². The molecule has 0 amide bonds. The van der Waals surface area contributed by atoms with Crippen LogP contribution >= 0.6 is 0 Å². The lowest BCUT2D eigenvalue weighted by Crippen LogP contribution is -2.55. The summed E-state index contributed by atoms with van der Waals surface area (Å²) in [6.07, 6.45) is 5.38. The second kappa shape index (κ2) is 9.37. The number of unbranched alkanes of at least 4 members (excludes halogenated alkanes) is 1. The maximum atomic E-state index is 11.7. The van der Waals surface area contributed by atoms with Crippen molar-refractivity contribution in [1.82, 2.24) is 9.88 Å². The molecule has 29 heavy (non-hydrogen) atoms. The number of rotatable bonds is 9. The Labute approximate surface area is 171 Å². The highest BCUT2D eigenvalue weighted by Crippen LogP contribution is 2.27. The van der Waals surface area contributed by atoms with Gasteiger partial charge in [-0.3, -0.25) is 14.7 Å². The van der Waals surface area contributed by atoms with Gasteiger partial charge in [0.1, 0.15) is 6.04 Å². The predicted octanol–water partition coefficient (Wildman–Crippen LogP) is 3.29. The lowest BCUT2D eigenvalue weighted by molar-refractivity contribution is -0.150. The van der Waals surface area contributed by atoms with E-state index in [-0.39, 0.29) is 6.10 Å². The molecule has 1 fully saturated rings. The van der Waals surface area contributed by atoms with Gasteiger partial charge in [-0.25, -0.2) is 0 Å². The summed E-state index contributed by atoms with van der Waals surface area (Å²) in [5.74, 6) is -0.803. The Morgan fingerprint density at radius 2 is 2.03 bits per heavy atom. The number of likely N-dealkylation sites (tertiary alicyclic amines) is 1. The maximum Gasteiger partial charge on any atom is 0.325 e. The number of benzene rings is 1. The summed E-state index contributed by atoms with van der Waals surface area (Å²) in [6.45, 7) is 3.10. The topological polar surface area (TPSA) is 74.7 Å². The minimum absolute atomic E-state index is 0.133. The van der Waals surface area contributed by atoms with Gasteiger partial charge in [-0.15, -0.1) is 0 Å². The number of nitrogens with zero attached hydrogens (tertiary/aromatic N) is 2. The van der Waals surface area contributed by atoms with E-state index < -0.39 is 12.0 Å². The van der Waals surface area contributed by atoms with Crippen LogP contribution in [0.4, 0.5) is 5.69 Å². The van der Waals surface area contributed by atoms with Crippen molar-refractivity contribution in [1.29, 1.82) is 0 Å². The lowest BCUT2D eigenvalue weighted by Gasteiger charge is -2.42. The standard InChI is InChI=1S/C23H29N3O3/c27-23(28)22(17-7-2-1-3-8-17)26-15-19(16-26)29-14-5-4-9-18-11-12-20-21(25-18)10-6-13-24-20/h1-3,7-8,11-12,19,22,24H,4-6,9-10,13-16H2,(H,27,28). The number of hydrogen-bond donors (Lipinski definition) is 2. The first kappa shape index (κ1) is 19.9. The first-order valence-corrected chi connectivity index (χ1v) is 10.6. The van der Waals surface area contributed by atoms with Crippen LogP contribution in [-0.4, -0.2) is 53.3 Å². The highest BCUT2D eigenvalue weighted by atomic mass is 16.5. The molecule has 2 aliphatic rings. The molecule has 154 valence electrons. The van der Waals surface area contributed by atoms with Crippen molar-refractivity contribution in [2.24, 2.45) is 0 Å². The number of fused-ring (bicyclic) bond motifs is 1. The van der Waals surface area contributed by atoms with Gasteiger partial charge in [0.25, 0.3) is 0 Å². The zero-order chi connectivity index (χ0) is 20.1.